The van der Waals surface area contributed by atoms with Crippen molar-refractivity contribution in [1.29, 1.82) is 0 Å². The monoisotopic (exact) mass is 511 g/mol. The summed E-state index contributed by atoms with van der Waals surface area (Å²) < 4.78 is 1.51. The normalized spacial score (nSPS) is 9.48. The number of nitrogens with zero attached hydrogens (tertiary/aromatic N) is 2. The number of imidazole rings is 2. The van der Waals surface area contributed by atoms with Gasteiger partial charge in [-0.05, 0) is 14.1 Å². The predicted octanol–water partition coefficient (Wildman–Crippen LogP) is -3.02. The molecule has 0 aliphatic rings. The summed E-state index contributed by atoms with van der Waals surface area (Å²) in [6.45, 7) is 0. The van der Waals surface area contributed by atoms with Gasteiger partial charge >= 0.3 is 0 Å². The van der Waals surface area contributed by atoms with Gasteiger partial charge in [-0.2, -0.15) is 0 Å². The van der Waals surface area contributed by atoms with Gasteiger partial charge in [-0.15, -0.1) is 0 Å². The van der Waals surface area contributed by atoms with Gasteiger partial charge in [0.2, 0.25) is 0 Å². The van der Waals surface area contributed by atoms with Gasteiger partial charge in [0.15, 0.2) is 22.5 Å². The first-order valence-corrected chi connectivity index (χ1v) is 5.46. The second kappa shape index (κ2) is 7.53. The molecule has 0 spiro atoms. The second-order valence-electron chi connectivity index (χ2n) is 3.94. The number of H-pyrrole nitrogens is 2. The molecule has 131 valence electrons. The molecule has 0 saturated heterocycles. The van der Waals surface area contributed by atoms with Crippen LogP contribution < -0.4 is 22.5 Å². The number of hydrogen-bond donors (Lipinski definition) is 4. The fourth-order valence-electron chi connectivity index (χ4n) is 1.47. The Bertz CT molecular complexity index is 871. The number of carboxylic acid groups (broad SMARTS) is 2. The van der Waals surface area contributed by atoms with Crippen LogP contribution in [-0.4, -0.2) is 41.3 Å². The topological polar surface area (TPSA) is 184 Å². The summed E-state index contributed by atoms with van der Waals surface area (Å²) in [6, 6.07) is 0. The van der Waals surface area contributed by atoms with Crippen LogP contribution in [0.2, 0.25) is 0 Å². The number of aromatic nitrogens is 4. The molecule has 1 radical (unpaired) electrons. The van der Waals surface area contributed by atoms with E-state index >= 15 is 0 Å². The maximum absolute atomic E-state index is 10.6. The Morgan fingerprint density at radius 2 is 1.09 bits per heavy atom. The average molecular weight is 511 g/mol. The standard InChI is InChI=1S/2C5H5N2O4.Au/c2*1-7-2(4(9)10)3(8)6-5(7)11;/h2*1H3,(H,9,10)(H,6,8,11);/q2*-1;. The first kappa shape index (κ1) is 20.3. The van der Waals surface area contributed by atoms with Crippen LogP contribution in [-0.2, 0) is 36.5 Å². The SMILES string of the molecule is Cn1c(=O)[nH]c(=O)[c-]1C(=O)O.Cn1c(=O)[nH]c(=O)[c-]1C(=O)O.[Au]. The van der Waals surface area contributed by atoms with Gasteiger partial charge in [-0.25, -0.2) is 0 Å². The van der Waals surface area contributed by atoms with E-state index in [-0.39, 0.29) is 22.4 Å². The number of nitrogens with one attached hydrogen (secondary N) is 2. The molecule has 23 heavy (non-hydrogen) atoms. The summed E-state index contributed by atoms with van der Waals surface area (Å²) in [5.41, 5.74) is -4.26. The van der Waals surface area contributed by atoms with Crippen molar-refractivity contribution < 1.29 is 42.2 Å². The number of hydrogen-bond acceptors (Lipinski definition) is 6. The zero-order chi connectivity index (χ0) is 17.2. The van der Waals surface area contributed by atoms with Gasteiger partial charge in [0, 0.05) is 33.8 Å². The van der Waals surface area contributed by atoms with E-state index in [1.165, 1.54) is 14.1 Å². The van der Waals surface area contributed by atoms with Crippen molar-refractivity contribution in [3.05, 3.63) is 53.1 Å². The molecular weight excluding hydrogens is 501 g/mol. The van der Waals surface area contributed by atoms with Crippen molar-refractivity contribution in [1.82, 2.24) is 19.1 Å². The van der Waals surface area contributed by atoms with E-state index in [0.717, 1.165) is 9.13 Å². The largest absolute Gasteiger partial charge is 0.490 e. The molecule has 2 heterocycles. The Morgan fingerprint density at radius 3 is 1.17 bits per heavy atom. The van der Waals surface area contributed by atoms with Crippen molar-refractivity contribution in [3.8, 4) is 0 Å². The molecular formula is C10H10AuN4O8-2. The van der Waals surface area contributed by atoms with Gasteiger partial charge in [-0.3, -0.25) is 19.2 Å². The Labute approximate surface area is 140 Å². The number of rotatable bonds is 2. The van der Waals surface area contributed by atoms with Crippen molar-refractivity contribution in [3.63, 3.8) is 0 Å². The summed E-state index contributed by atoms with van der Waals surface area (Å²) in [5.74, 6) is -2.81. The molecule has 4 N–H and O–H groups in total. The molecule has 0 saturated carbocycles. The van der Waals surface area contributed by atoms with Crippen LogP contribution in [0.15, 0.2) is 19.2 Å². The maximum Gasteiger partial charge on any atom is 0.273 e. The molecule has 2 aromatic rings. The quantitative estimate of drug-likeness (QED) is 0.243. The van der Waals surface area contributed by atoms with Crippen LogP contribution in [0.1, 0.15) is 21.0 Å². The Balaban J connectivity index is 0.000000403. The van der Waals surface area contributed by atoms with E-state index in [4.69, 9.17) is 10.2 Å². The first-order valence-electron chi connectivity index (χ1n) is 5.46. The molecule has 0 bridgehead atoms. The van der Waals surface area contributed by atoms with E-state index in [1.54, 1.807) is 0 Å². The van der Waals surface area contributed by atoms with E-state index in [0.29, 0.717) is 0 Å². The van der Waals surface area contributed by atoms with Crippen molar-refractivity contribution in [2.75, 3.05) is 0 Å². The average Bonchev–Trinajstić information content (AvgIpc) is 2.77. The zero-order valence-electron chi connectivity index (χ0n) is 11.5. The van der Waals surface area contributed by atoms with Crippen LogP contribution >= 0.6 is 0 Å². The fourth-order valence-corrected chi connectivity index (χ4v) is 1.47. The summed E-state index contributed by atoms with van der Waals surface area (Å²) in [4.78, 5) is 66.7. The van der Waals surface area contributed by atoms with Crippen molar-refractivity contribution >= 4 is 11.9 Å². The molecule has 0 aromatic carbocycles. The molecule has 0 aliphatic carbocycles. The maximum atomic E-state index is 10.6. The predicted molar refractivity (Wildman–Crippen MR) is 69.7 cm³/mol. The minimum Gasteiger partial charge on any atom is -0.490 e. The van der Waals surface area contributed by atoms with Crippen LogP contribution in [0.5, 0.6) is 0 Å². The molecule has 0 fully saturated rings. The van der Waals surface area contributed by atoms with Crippen LogP contribution in [0.3, 0.4) is 0 Å². The van der Waals surface area contributed by atoms with Gasteiger partial charge in [-0.1, -0.05) is 0 Å². The van der Waals surface area contributed by atoms with Crippen LogP contribution in [0.4, 0.5) is 0 Å². The molecule has 12 nitrogen and oxygen atoms in total. The van der Waals surface area contributed by atoms with Gasteiger partial charge in [0.05, 0.1) is 0 Å². The van der Waals surface area contributed by atoms with Crippen molar-refractivity contribution in [2.24, 2.45) is 14.1 Å². The fraction of sp³-hybridized carbons (Fsp3) is 0.200. The number of carboxylic acids is 2. The van der Waals surface area contributed by atoms with E-state index in [2.05, 4.69) is 0 Å². The Morgan fingerprint density at radius 1 is 0.826 bits per heavy atom. The van der Waals surface area contributed by atoms with Crippen LogP contribution in [0.25, 0.3) is 0 Å². The van der Waals surface area contributed by atoms with E-state index in [1.807, 2.05) is 9.97 Å². The summed E-state index contributed by atoms with van der Waals surface area (Å²) in [5, 5.41) is 16.8. The van der Waals surface area contributed by atoms with Crippen molar-refractivity contribution in [2.45, 2.75) is 0 Å². The molecule has 0 atom stereocenters. The molecule has 0 aliphatic heterocycles. The summed E-state index contributed by atoms with van der Waals surface area (Å²) in [7, 11) is 2.42. The minimum atomic E-state index is -1.41. The number of carbonyl (C=O) groups is 2. The molecule has 2 rings (SSSR count). The van der Waals surface area contributed by atoms with Gasteiger partial charge < -0.3 is 38.9 Å². The van der Waals surface area contributed by atoms with Gasteiger partial charge in [0.25, 0.3) is 11.9 Å². The third-order valence-corrected chi connectivity index (χ3v) is 2.56. The van der Waals surface area contributed by atoms with E-state index in [9.17, 15) is 28.8 Å². The molecule has 0 unspecified atom stereocenters. The van der Waals surface area contributed by atoms with Crippen LogP contribution in [0, 0.1) is 0 Å². The zero-order valence-corrected chi connectivity index (χ0v) is 13.7. The summed E-state index contributed by atoms with van der Waals surface area (Å²) >= 11 is 0. The third kappa shape index (κ3) is 4.15. The Kier molecular flexibility index (Phi) is 6.65. The molecule has 13 heteroatoms. The van der Waals surface area contributed by atoms with Gasteiger partial charge in [0.1, 0.15) is 0 Å². The molecule has 0 amide bonds. The minimum absolute atomic E-state index is 0. The van der Waals surface area contributed by atoms with E-state index < -0.39 is 45.8 Å². The second-order valence-corrected chi connectivity index (χ2v) is 3.94. The number of aromatic amines is 2. The summed E-state index contributed by atoms with van der Waals surface area (Å²) in [6.07, 6.45) is 0. The molecule has 2 aromatic heterocycles. The number of aromatic carboxylic acids is 2. The smallest absolute Gasteiger partial charge is 0.273 e. The Hall–Kier alpha value is -2.70. The first-order chi connectivity index (χ1) is 10.1. The third-order valence-electron chi connectivity index (χ3n) is 2.56.